The summed E-state index contributed by atoms with van der Waals surface area (Å²) in [5.74, 6) is 0.393. The van der Waals surface area contributed by atoms with Crippen LogP contribution in [0.3, 0.4) is 0 Å². The molecule has 3 rings (SSSR count). The fourth-order valence-electron chi connectivity index (χ4n) is 2.16. The number of hydrogen-bond acceptors (Lipinski definition) is 3. The van der Waals surface area contributed by atoms with Crippen molar-refractivity contribution >= 4 is 34.0 Å². The first-order valence-electron chi connectivity index (χ1n) is 6.73. The Balaban J connectivity index is 1.61. The minimum Gasteiger partial charge on any atom is -0.453 e. The highest BCUT2D eigenvalue weighted by atomic mass is 35.5. The number of benzene rings is 2. The minimum atomic E-state index is -0.0132. The van der Waals surface area contributed by atoms with Crippen molar-refractivity contribution in [3.05, 3.63) is 65.4 Å². The average Bonchev–Trinajstić information content (AvgIpc) is 2.91. The van der Waals surface area contributed by atoms with E-state index in [1.54, 1.807) is 6.07 Å². The fraction of sp³-hybridized carbons (Fsp3) is 0.118. The number of nitrogens with one attached hydrogen (secondary N) is 1. The van der Waals surface area contributed by atoms with Crippen molar-refractivity contribution in [2.45, 2.75) is 6.42 Å². The van der Waals surface area contributed by atoms with Gasteiger partial charge in [0.1, 0.15) is 5.58 Å². The van der Waals surface area contributed by atoms with Crippen LogP contribution in [-0.2, 0) is 0 Å². The van der Waals surface area contributed by atoms with Gasteiger partial charge in [-0.15, -0.1) is 0 Å². The third kappa shape index (κ3) is 3.26. The van der Waals surface area contributed by atoms with Gasteiger partial charge in [0.15, 0.2) is 11.5 Å². The van der Waals surface area contributed by atoms with E-state index >= 15 is 0 Å². The summed E-state index contributed by atoms with van der Waals surface area (Å²) < 4.78 is 5.55. The molecule has 0 spiro atoms. The molecule has 4 heteroatoms. The number of furan rings is 1. The summed E-state index contributed by atoms with van der Waals surface area (Å²) in [7, 11) is 0. The van der Waals surface area contributed by atoms with Crippen molar-refractivity contribution in [3.8, 4) is 0 Å². The van der Waals surface area contributed by atoms with Crippen LogP contribution in [0.2, 0.25) is 5.02 Å². The maximum Gasteiger partial charge on any atom is 0.199 e. The second-order valence-electron chi connectivity index (χ2n) is 4.76. The summed E-state index contributed by atoms with van der Waals surface area (Å²) in [6, 6.07) is 16.8. The first-order valence-corrected chi connectivity index (χ1v) is 7.11. The topological polar surface area (TPSA) is 42.2 Å². The second kappa shape index (κ2) is 6.02. The van der Waals surface area contributed by atoms with Crippen molar-refractivity contribution < 1.29 is 9.21 Å². The molecule has 3 nitrogen and oxygen atoms in total. The van der Waals surface area contributed by atoms with Gasteiger partial charge in [0, 0.05) is 29.1 Å². The van der Waals surface area contributed by atoms with Crippen molar-refractivity contribution in [1.29, 1.82) is 0 Å². The zero-order valence-corrected chi connectivity index (χ0v) is 12.1. The van der Waals surface area contributed by atoms with Crippen LogP contribution < -0.4 is 5.32 Å². The number of carbonyl (C=O) groups is 1. The molecule has 0 amide bonds. The van der Waals surface area contributed by atoms with Gasteiger partial charge in [-0.1, -0.05) is 35.9 Å². The SMILES string of the molecule is O=C(CCNc1cccc(Cl)c1)c1cc2ccccc2o1. The van der Waals surface area contributed by atoms with Crippen molar-refractivity contribution in [3.63, 3.8) is 0 Å². The molecule has 0 aliphatic carbocycles. The fourth-order valence-corrected chi connectivity index (χ4v) is 2.35. The Kier molecular flexibility index (Phi) is 3.93. The highest BCUT2D eigenvalue weighted by Gasteiger charge is 2.11. The van der Waals surface area contributed by atoms with E-state index in [9.17, 15) is 4.79 Å². The summed E-state index contributed by atoms with van der Waals surface area (Å²) in [4.78, 5) is 12.1. The summed E-state index contributed by atoms with van der Waals surface area (Å²) in [6.45, 7) is 0.538. The Morgan fingerprint density at radius 2 is 1.95 bits per heavy atom. The molecule has 1 aromatic heterocycles. The van der Waals surface area contributed by atoms with Crippen LogP contribution in [0.15, 0.2) is 59.0 Å². The number of hydrogen-bond donors (Lipinski definition) is 1. The highest BCUT2D eigenvalue weighted by Crippen LogP contribution is 2.20. The molecule has 0 saturated heterocycles. The van der Waals surface area contributed by atoms with Crippen LogP contribution >= 0.6 is 11.6 Å². The Labute approximate surface area is 127 Å². The van der Waals surface area contributed by atoms with Crippen molar-refractivity contribution in [1.82, 2.24) is 0 Å². The first kappa shape index (κ1) is 13.7. The van der Waals surface area contributed by atoms with E-state index in [1.165, 1.54) is 0 Å². The predicted molar refractivity (Wildman–Crippen MR) is 85.1 cm³/mol. The van der Waals surface area contributed by atoms with Crippen LogP contribution in [0.25, 0.3) is 11.0 Å². The lowest BCUT2D eigenvalue weighted by atomic mass is 10.2. The number of anilines is 1. The van der Waals surface area contributed by atoms with Crippen molar-refractivity contribution in [2.24, 2.45) is 0 Å². The van der Waals surface area contributed by atoms with E-state index in [0.717, 1.165) is 16.7 Å². The van der Waals surface area contributed by atoms with Gasteiger partial charge in [-0.3, -0.25) is 4.79 Å². The molecule has 2 aromatic carbocycles. The summed E-state index contributed by atoms with van der Waals surface area (Å²) in [5.41, 5.74) is 1.64. The number of ketones is 1. The first-order chi connectivity index (χ1) is 10.2. The summed E-state index contributed by atoms with van der Waals surface area (Å²) >= 11 is 5.91. The molecule has 106 valence electrons. The molecule has 0 unspecified atom stereocenters. The average molecular weight is 300 g/mol. The second-order valence-corrected chi connectivity index (χ2v) is 5.20. The van der Waals surface area contributed by atoms with E-state index in [1.807, 2.05) is 48.5 Å². The lowest BCUT2D eigenvalue weighted by Crippen LogP contribution is -2.08. The largest absolute Gasteiger partial charge is 0.453 e. The molecule has 1 N–H and O–H groups in total. The molecular formula is C17H14ClNO2. The number of carbonyl (C=O) groups excluding carboxylic acids is 1. The van der Waals surface area contributed by atoms with Crippen LogP contribution in [0.4, 0.5) is 5.69 Å². The lowest BCUT2D eigenvalue weighted by molar-refractivity contribution is 0.0962. The third-order valence-corrected chi connectivity index (χ3v) is 3.44. The number of para-hydroxylation sites is 1. The zero-order chi connectivity index (χ0) is 14.7. The maximum atomic E-state index is 12.1. The molecule has 0 atom stereocenters. The van der Waals surface area contributed by atoms with E-state index < -0.39 is 0 Å². The molecule has 0 radical (unpaired) electrons. The van der Waals surface area contributed by atoms with Gasteiger partial charge in [0.2, 0.25) is 0 Å². The third-order valence-electron chi connectivity index (χ3n) is 3.21. The van der Waals surface area contributed by atoms with Gasteiger partial charge >= 0.3 is 0 Å². The summed E-state index contributed by atoms with van der Waals surface area (Å²) in [6.07, 6.45) is 0.367. The van der Waals surface area contributed by atoms with E-state index in [4.69, 9.17) is 16.0 Å². The Hall–Kier alpha value is -2.26. The number of rotatable bonds is 5. The van der Waals surface area contributed by atoms with Gasteiger partial charge in [0.05, 0.1) is 0 Å². The highest BCUT2D eigenvalue weighted by molar-refractivity contribution is 6.30. The zero-order valence-electron chi connectivity index (χ0n) is 11.3. The lowest BCUT2D eigenvalue weighted by Gasteiger charge is -2.05. The molecule has 21 heavy (non-hydrogen) atoms. The van der Waals surface area contributed by atoms with E-state index in [2.05, 4.69) is 5.32 Å². The van der Waals surface area contributed by atoms with Gasteiger partial charge in [0.25, 0.3) is 0 Å². The Morgan fingerprint density at radius 1 is 1.10 bits per heavy atom. The van der Waals surface area contributed by atoms with Gasteiger partial charge in [-0.2, -0.15) is 0 Å². The minimum absolute atomic E-state index is 0.0132. The van der Waals surface area contributed by atoms with Crippen LogP contribution in [0.1, 0.15) is 17.0 Å². The molecule has 0 saturated carbocycles. The molecule has 0 bridgehead atoms. The van der Waals surface area contributed by atoms with E-state index in [-0.39, 0.29) is 5.78 Å². The monoisotopic (exact) mass is 299 g/mol. The number of halogens is 1. The number of Topliss-reactive ketones (excluding diaryl/α,β-unsaturated/α-hetero) is 1. The maximum absolute atomic E-state index is 12.1. The van der Waals surface area contributed by atoms with Gasteiger partial charge < -0.3 is 9.73 Å². The Morgan fingerprint density at radius 3 is 2.76 bits per heavy atom. The molecule has 0 aliphatic heterocycles. The van der Waals surface area contributed by atoms with Crippen LogP contribution in [0, 0.1) is 0 Å². The molecule has 0 fully saturated rings. The van der Waals surface area contributed by atoms with E-state index in [0.29, 0.717) is 23.7 Å². The molecular weight excluding hydrogens is 286 g/mol. The van der Waals surface area contributed by atoms with Crippen molar-refractivity contribution in [2.75, 3.05) is 11.9 Å². The summed E-state index contributed by atoms with van der Waals surface area (Å²) in [5, 5.41) is 4.79. The van der Waals surface area contributed by atoms with Crippen LogP contribution in [-0.4, -0.2) is 12.3 Å². The molecule has 0 aliphatic rings. The standard InChI is InChI=1S/C17H14ClNO2/c18-13-5-3-6-14(11-13)19-9-8-15(20)17-10-12-4-1-2-7-16(12)21-17/h1-7,10-11,19H,8-9H2. The normalized spacial score (nSPS) is 10.7. The predicted octanol–water partition coefficient (Wildman–Crippen LogP) is 4.77. The smallest absolute Gasteiger partial charge is 0.199 e. The Bertz CT molecular complexity index is 746. The number of fused-ring (bicyclic) bond motifs is 1. The van der Waals surface area contributed by atoms with Gasteiger partial charge in [-0.25, -0.2) is 0 Å². The molecule has 1 heterocycles. The van der Waals surface area contributed by atoms with Crippen LogP contribution in [0.5, 0.6) is 0 Å². The quantitative estimate of drug-likeness (QED) is 0.690. The molecule has 3 aromatic rings. The van der Waals surface area contributed by atoms with Gasteiger partial charge in [-0.05, 0) is 30.3 Å².